The Morgan fingerprint density at radius 3 is 2.38 bits per heavy atom. The van der Waals surface area contributed by atoms with Gasteiger partial charge in [-0.05, 0) is 72.1 Å². The van der Waals surface area contributed by atoms with Crippen molar-refractivity contribution >= 4 is 11.0 Å². The topological polar surface area (TPSA) is 42.7 Å². The zero-order chi connectivity index (χ0) is 22.1. The van der Waals surface area contributed by atoms with Crippen molar-refractivity contribution in [2.45, 2.75) is 64.0 Å². The predicted octanol–water partition coefficient (Wildman–Crippen LogP) is 6.04. The number of hydrogen-bond acceptors (Lipinski definition) is 3. The van der Waals surface area contributed by atoms with E-state index in [-0.39, 0.29) is 11.0 Å². The van der Waals surface area contributed by atoms with Crippen molar-refractivity contribution in [1.29, 1.82) is 0 Å². The molecule has 3 heterocycles. The molecule has 4 aromatic rings. The molecule has 7 rings (SSSR count). The van der Waals surface area contributed by atoms with Gasteiger partial charge in [0.25, 0.3) is 0 Å². The van der Waals surface area contributed by atoms with Gasteiger partial charge in [-0.1, -0.05) is 63.2 Å². The largest absolute Gasteiger partial charge is 0.304 e. The fourth-order valence-corrected chi connectivity index (χ4v) is 5.71. The van der Waals surface area contributed by atoms with E-state index in [9.17, 15) is 0 Å². The molecule has 162 valence electrons. The van der Waals surface area contributed by atoms with Gasteiger partial charge in [-0.15, -0.1) is 10.2 Å². The molecule has 1 saturated carbocycles. The summed E-state index contributed by atoms with van der Waals surface area (Å²) in [5.41, 5.74) is 9.52. The van der Waals surface area contributed by atoms with E-state index >= 15 is 0 Å². The molecule has 0 radical (unpaired) electrons. The van der Waals surface area contributed by atoms with Gasteiger partial charge >= 0.3 is 0 Å². The lowest BCUT2D eigenvalue weighted by Gasteiger charge is -2.44. The van der Waals surface area contributed by atoms with Gasteiger partial charge < -0.3 is 5.32 Å². The van der Waals surface area contributed by atoms with Crippen molar-refractivity contribution in [2.75, 3.05) is 0 Å². The lowest BCUT2D eigenvalue weighted by Crippen LogP contribution is -2.54. The van der Waals surface area contributed by atoms with Crippen LogP contribution < -0.4 is 5.32 Å². The maximum Gasteiger partial charge on any atom is 0.114 e. The summed E-state index contributed by atoms with van der Waals surface area (Å²) in [5, 5.41) is 13.8. The van der Waals surface area contributed by atoms with E-state index in [1.54, 1.807) is 0 Å². The number of nitrogens with one attached hydrogen (secondary N) is 1. The maximum atomic E-state index is 4.99. The van der Waals surface area contributed by atoms with E-state index in [4.69, 9.17) is 10.2 Å². The molecule has 1 N–H and O–H groups in total. The zero-order valence-corrected chi connectivity index (χ0v) is 19.3. The number of aromatic nitrogens is 3. The van der Waals surface area contributed by atoms with Crippen LogP contribution in [0.3, 0.4) is 0 Å². The Hall–Kier alpha value is -2.98. The van der Waals surface area contributed by atoms with Crippen LogP contribution >= 0.6 is 0 Å². The van der Waals surface area contributed by atoms with Crippen LogP contribution in [0.25, 0.3) is 27.8 Å². The van der Waals surface area contributed by atoms with E-state index in [0.717, 1.165) is 16.7 Å². The number of fused-ring (bicyclic) bond motifs is 2. The summed E-state index contributed by atoms with van der Waals surface area (Å²) in [4.78, 5) is 1.89. The minimum absolute atomic E-state index is 0.0489. The summed E-state index contributed by atoms with van der Waals surface area (Å²) >= 11 is 0. The lowest BCUT2D eigenvalue weighted by molar-refractivity contribution is 0.221. The molecule has 4 heteroatoms. The average Bonchev–Trinajstić information content (AvgIpc) is 3.46. The third-order valence-corrected chi connectivity index (χ3v) is 7.25. The van der Waals surface area contributed by atoms with Crippen molar-refractivity contribution < 1.29 is 0 Å². The Bertz CT molecular complexity index is 1320. The van der Waals surface area contributed by atoms with Crippen molar-refractivity contribution in [3.63, 3.8) is 0 Å². The maximum absolute atomic E-state index is 4.99. The second kappa shape index (κ2) is 6.76. The molecule has 3 aliphatic rings. The minimum atomic E-state index is 0.0489. The molecule has 2 bridgehead atoms. The molecule has 0 spiro atoms. The van der Waals surface area contributed by atoms with Crippen LogP contribution in [0.4, 0.5) is 0 Å². The van der Waals surface area contributed by atoms with Gasteiger partial charge in [0.1, 0.15) is 11.0 Å². The first-order valence-corrected chi connectivity index (χ1v) is 11.7. The first-order chi connectivity index (χ1) is 15.3. The molecule has 1 aromatic heterocycles. The molecule has 4 nitrogen and oxygen atoms in total. The van der Waals surface area contributed by atoms with Gasteiger partial charge in [0.05, 0.1) is 5.69 Å². The SMILES string of the molecule is Cc1cc(-n2nc3ccc(-c4ccccc4)cc3n2)c(C23CCC(C2)N3)c(C(C)(C)C)c1. The fraction of sp³-hybridized carbons (Fsp3) is 0.357. The van der Waals surface area contributed by atoms with E-state index < -0.39 is 0 Å². The van der Waals surface area contributed by atoms with Gasteiger partial charge in [0.2, 0.25) is 0 Å². The Morgan fingerprint density at radius 2 is 1.69 bits per heavy atom. The highest BCUT2D eigenvalue weighted by Gasteiger charge is 2.53. The van der Waals surface area contributed by atoms with Crippen LogP contribution in [0.2, 0.25) is 0 Å². The van der Waals surface area contributed by atoms with E-state index in [0.29, 0.717) is 6.04 Å². The molecule has 0 amide bonds. The molecule has 2 atom stereocenters. The van der Waals surface area contributed by atoms with Gasteiger partial charge in [0.15, 0.2) is 0 Å². The molecule has 3 fully saturated rings. The standard InChI is InChI=1S/C28H30N4/c1-18-14-22(27(2,3)4)26(28-13-12-21(17-28)29-28)25(15-18)32-30-23-11-10-20(16-24(23)31-32)19-8-6-5-7-9-19/h5-11,14-16,21,29H,12-13,17H2,1-4H3. The first-order valence-electron chi connectivity index (χ1n) is 11.7. The first kappa shape index (κ1) is 19.7. The van der Waals surface area contributed by atoms with Gasteiger partial charge in [-0.25, -0.2) is 0 Å². The number of hydrogen-bond donors (Lipinski definition) is 1. The van der Waals surface area contributed by atoms with Crippen molar-refractivity contribution in [2.24, 2.45) is 0 Å². The van der Waals surface area contributed by atoms with Crippen molar-refractivity contribution in [3.05, 3.63) is 77.4 Å². The van der Waals surface area contributed by atoms with E-state index in [1.165, 1.54) is 47.1 Å². The third-order valence-electron chi connectivity index (χ3n) is 7.25. The lowest BCUT2D eigenvalue weighted by atomic mass is 9.72. The summed E-state index contributed by atoms with van der Waals surface area (Å²) in [6.07, 6.45) is 3.66. The van der Waals surface area contributed by atoms with Crippen LogP contribution in [0, 0.1) is 6.92 Å². The highest BCUT2D eigenvalue weighted by atomic mass is 15.5. The highest BCUT2D eigenvalue weighted by Crippen LogP contribution is 2.52. The summed E-state index contributed by atoms with van der Waals surface area (Å²) in [6.45, 7) is 9.13. The zero-order valence-electron chi connectivity index (χ0n) is 19.3. The average molecular weight is 423 g/mol. The molecule has 2 saturated heterocycles. The second-order valence-corrected chi connectivity index (χ2v) is 10.7. The third kappa shape index (κ3) is 3.01. The normalized spacial score (nSPS) is 22.3. The monoisotopic (exact) mass is 422 g/mol. The van der Waals surface area contributed by atoms with Crippen LogP contribution in [0.1, 0.15) is 56.7 Å². The summed E-state index contributed by atoms with van der Waals surface area (Å²) < 4.78 is 0. The molecule has 32 heavy (non-hydrogen) atoms. The Labute approximate surface area is 189 Å². The number of benzene rings is 3. The fourth-order valence-electron chi connectivity index (χ4n) is 5.71. The van der Waals surface area contributed by atoms with E-state index in [1.807, 2.05) is 10.9 Å². The Kier molecular flexibility index (Phi) is 4.16. The predicted molar refractivity (Wildman–Crippen MR) is 130 cm³/mol. The number of aryl methyl sites for hydroxylation is 1. The summed E-state index contributed by atoms with van der Waals surface area (Å²) in [6, 6.07) is 22.2. The van der Waals surface area contributed by atoms with Gasteiger partial charge in [-0.3, -0.25) is 0 Å². The van der Waals surface area contributed by atoms with Crippen LogP contribution in [0.15, 0.2) is 60.7 Å². The highest BCUT2D eigenvalue weighted by molar-refractivity contribution is 5.81. The molecular formula is C28H30N4. The second-order valence-electron chi connectivity index (χ2n) is 10.7. The number of rotatable bonds is 3. The van der Waals surface area contributed by atoms with Crippen molar-refractivity contribution in [3.8, 4) is 16.8 Å². The van der Waals surface area contributed by atoms with Crippen LogP contribution in [0.5, 0.6) is 0 Å². The molecule has 1 aliphatic carbocycles. The van der Waals surface area contributed by atoms with Gasteiger partial charge in [-0.2, -0.15) is 4.80 Å². The summed E-state index contributed by atoms with van der Waals surface area (Å²) in [5.74, 6) is 0. The Balaban J connectivity index is 1.54. The van der Waals surface area contributed by atoms with Crippen LogP contribution in [-0.2, 0) is 11.0 Å². The van der Waals surface area contributed by atoms with Gasteiger partial charge in [0, 0.05) is 17.1 Å². The molecular weight excluding hydrogens is 392 g/mol. The summed E-state index contributed by atoms with van der Waals surface area (Å²) in [7, 11) is 0. The quantitative estimate of drug-likeness (QED) is 0.437. The smallest absolute Gasteiger partial charge is 0.114 e. The molecule has 3 aromatic carbocycles. The van der Waals surface area contributed by atoms with Crippen LogP contribution in [-0.4, -0.2) is 21.0 Å². The van der Waals surface area contributed by atoms with Crippen molar-refractivity contribution in [1.82, 2.24) is 20.3 Å². The molecule has 2 unspecified atom stereocenters. The number of nitrogens with zero attached hydrogens (tertiary/aromatic N) is 3. The Morgan fingerprint density at radius 1 is 0.938 bits per heavy atom. The minimum Gasteiger partial charge on any atom is -0.304 e. The molecule has 2 aliphatic heterocycles. The van der Waals surface area contributed by atoms with E-state index in [2.05, 4.69) is 87.6 Å².